The number of fused-ring (bicyclic) bond motifs is 1. The number of nitrogens with two attached hydrogens (primary N) is 1. The molecular weight excluding hydrogens is 268 g/mol. The lowest BCUT2D eigenvalue weighted by atomic mass is 10.3. The Labute approximate surface area is 111 Å². The molecular formula is C10H10N6O2S. The highest BCUT2D eigenvalue weighted by molar-refractivity contribution is 7.16. The zero-order valence-electron chi connectivity index (χ0n) is 9.71. The SMILES string of the molecule is NNc1nc(N2CC(=O)NC(=O)C2)c2ccsc2n1. The Bertz CT molecular complexity index is 653. The molecule has 0 spiro atoms. The van der Waals surface area contributed by atoms with Gasteiger partial charge in [-0.1, -0.05) is 0 Å². The minimum atomic E-state index is -0.347. The number of hydrogen-bond donors (Lipinski definition) is 3. The van der Waals surface area contributed by atoms with E-state index in [1.807, 2.05) is 11.4 Å². The zero-order chi connectivity index (χ0) is 13.4. The molecule has 2 amide bonds. The summed E-state index contributed by atoms with van der Waals surface area (Å²) in [6.07, 6.45) is 0. The van der Waals surface area contributed by atoms with E-state index in [1.165, 1.54) is 11.3 Å². The van der Waals surface area contributed by atoms with Crippen LogP contribution < -0.4 is 21.5 Å². The van der Waals surface area contributed by atoms with Gasteiger partial charge in [-0.3, -0.25) is 20.3 Å². The van der Waals surface area contributed by atoms with Crippen LogP contribution in [0.4, 0.5) is 11.8 Å². The third-order valence-electron chi connectivity index (χ3n) is 2.68. The fraction of sp³-hybridized carbons (Fsp3) is 0.200. The molecule has 0 saturated carbocycles. The highest BCUT2D eigenvalue weighted by Crippen LogP contribution is 2.29. The van der Waals surface area contributed by atoms with Gasteiger partial charge in [-0.25, -0.2) is 10.8 Å². The smallest absolute Gasteiger partial charge is 0.246 e. The Morgan fingerprint density at radius 2 is 2.05 bits per heavy atom. The first kappa shape index (κ1) is 11.8. The van der Waals surface area contributed by atoms with Crippen molar-refractivity contribution in [2.24, 2.45) is 5.84 Å². The van der Waals surface area contributed by atoms with Crippen molar-refractivity contribution < 1.29 is 9.59 Å². The first-order chi connectivity index (χ1) is 9.17. The second kappa shape index (κ2) is 4.44. The van der Waals surface area contributed by atoms with Crippen molar-refractivity contribution in [2.45, 2.75) is 0 Å². The van der Waals surface area contributed by atoms with E-state index in [4.69, 9.17) is 5.84 Å². The van der Waals surface area contributed by atoms with Crippen molar-refractivity contribution in [3.8, 4) is 0 Å². The van der Waals surface area contributed by atoms with Crippen molar-refractivity contribution in [1.82, 2.24) is 15.3 Å². The summed E-state index contributed by atoms with van der Waals surface area (Å²) in [6, 6.07) is 1.85. The van der Waals surface area contributed by atoms with Crippen molar-refractivity contribution in [3.63, 3.8) is 0 Å². The van der Waals surface area contributed by atoms with Gasteiger partial charge in [-0.15, -0.1) is 11.3 Å². The number of aromatic nitrogens is 2. The number of hydrogen-bond acceptors (Lipinski definition) is 8. The topological polar surface area (TPSA) is 113 Å². The van der Waals surface area contributed by atoms with E-state index in [0.29, 0.717) is 5.82 Å². The molecule has 1 saturated heterocycles. The molecule has 98 valence electrons. The summed E-state index contributed by atoms with van der Waals surface area (Å²) in [4.78, 5) is 33.7. The maximum atomic E-state index is 11.4. The van der Waals surface area contributed by atoms with Gasteiger partial charge >= 0.3 is 0 Å². The average Bonchev–Trinajstić information content (AvgIpc) is 2.84. The van der Waals surface area contributed by atoms with Gasteiger partial charge in [-0.2, -0.15) is 4.98 Å². The van der Waals surface area contributed by atoms with Gasteiger partial charge in [0.25, 0.3) is 0 Å². The number of piperazine rings is 1. The number of imide groups is 1. The highest BCUT2D eigenvalue weighted by Gasteiger charge is 2.25. The Morgan fingerprint density at radius 1 is 1.32 bits per heavy atom. The molecule has 3 heterocycles. The molecule has 0 atom stereocenters. The van der Waals surface area contributed by atoms with Crippen LogP contribution in [0.5, 0.6) is 0 Å². The number of nitrogen functional groups attached to an aromatic ring is 1. The summed E-state index contributed by atoms with van der Waals surface area (Å²) >= 11 is 1.44. The number of amides is 2. The van der Waals surface area contributed by atoms with E-state index >= 15 is 0 Å². The third-order valence-corrected chi connectivity index (χ3v) is 3.49. The van der Waals surface area contributed by atoms with Gasteiger partial charge in [0.05, 0.1) is 18.5 Å². The van der Waals surface area contributed by atoms with Crippen molar-refractivity contribution in [2.75, 3.05) is 23.4 Å². The molecule has 0 aliphatic carbocycles. The standard InChI is InChI=1S/C10H10N6O2S/c11-15-10-13-8(5-1-2-19-9(5)14-10)16-3-6(17)12-7(18)4-16/h1-2H,3-4,11H2,(H,12,17,18)(H,13,14,15). The molecule has 19 heavy (non-hydrogen) atoms. The molecule has 9 heteroatoms. The highest BCUT2D eigenvalue weighted by atomic mass is 32.1. The van der Waals surface area contributed by atoms with Crippen LogP contribution in [0.25, 0.3) is 10.2 Å². The number of nitrogens with one attached hydrogen (secondary N) is 2. The molecule has 4 N–H and O–H groups in total. The normalized spacial score (nSPS) is 15.7. The Kier molecular flexibility index (Phi) is 2.76. The molecule has 3 rings (SSSR count). The minimum Gasteiger partial charge on any atom is -0.337 e. The Morgan fingerprint density at radius 3 is 2.74 bits per heavy atom. The predicted molar refractivity (Wildman–Crippen MR) is 70.6 cm³/mol. The number of rotatable bonds is 2. The summed E-state index contributed by atoms with van der Waals surface area (Å²) in [7, 11) is 0. The molecule has 8 nitrogen and oxygen atoms in total. The van der Waals surface area contributed by atoms with E-state index < -0.39 is 0 Å². The summed E-state index contributed by atoms with van der Waals surface area (Å²) in [5.74, 6) is 5.42. The molecule has 1 aliphatic rings. The van der Waals surface area contributed by atoms with Crippen LogP contribution in [0.15, 0.2) is 11.4 Å². The number of hydrazine groups is 1. The first-order valence-corrected chi connectivity index (χ1v) is 6.35. The van der Waals surface area contributed by atoms with E-state index in [9.17, 15) is 9.59 Å². The third kappa shape index (κ3) is 2.09. The Hall–Kier alpha value is -2.26. The lowest BCUT2D eigenvalue weighted by molar-refractivity contribution is -0.130. The lowest BCUT2D eigenvalue weighted by Gasteiger charge is -2.26. The monoisotopic (exact) mass is 278 g/mol. The fourth-order valence-corrected chi connectivity index (χ4v) is 2.69. The van der Waals surface area contributed by atoms with E-state index in [-0.39, 0.29) is 30.9 Å². The van der Waals surface area contributed by atoms with E-state index in [0.717, 1.165) is 10.2 Å². The lowest BCUT2D eigenvalue weighted by Crippen LogP contribution is -2.51. The summed E-state index contributed by atoms with van der Waals surface area (Å²) in [5.41, 5.74) is 2.38. The van der Waals surface area contributed by atoms with Crippen LogP contribution in [0.1, 0.15) is 0 Å². The van der Waals surface area contributed by atoms with Gasteiger partial charge in [0, 0.05) is 0 Å². The van der Waals surface area contributed by atoms with Crippen LogP contribution >= 0.6 is 11.3 Å². The van der Waals surface area contributed by atoms with E-state index in [1.54, 1.807) is 4.90 Å². The van der Waals surface area contributed by atoms with Crippen molar-refractivity contribution in [1.29, 1.82) is 0 Å². The number of nitrogens with zero attached hydrogens (tertiary/aromatic N) is 3. The maximum Gasteiger partial charge on any atom is 0.246 e. The summed E-state index contributed by atoms with van der Waals surface area (Å²) in [5, 5.41) is 4.92. The average molecular weight is 278 g/mol. The molecule has 0 unspecified atom stereocenters. The quantitative estimate of drug-likeness (QED) is 0.383. The van der Waals surface area contributed by atoms with Crippen molar-refractivity contribution >= 4 is 45.1 Å². The molecule has 2 aromatic heterocycles. The number of carbonyl (C=O) groups is 2. The molecule has 2 aromatic rings. The van der Waals surface area contributed by atoms with Gasteiger partial charge in [-0.05, 0) is 11.4 Å². The summed E-state index contributed by atoms with van der Waals surface area (Å²) in [6.45, 7) is 0.162. The fourth-order valence-electron chi connectivity index (χ4n) is 1.93. The largest absolute Gasteiger partial charge is 0.337 e. The molecule has 1 aliphatic heterocycles. The second-order valence-electron chi connectivity index (χ2n) is 3.98. The number of anilines is 2. The predicted octanol–water partition coefficient (Wildman–Crippen LogP) is -0.560. The maximum absolute atomic E-state index is 11.4. The van der Waals surface area contributed by atoms with Gasteiger partial charge < -0.3 is 4.90 Å². The second-order valence-corrected chi connectivity index (χ2v) is 4.88. The van der Waals surface area contributed by atoms with Gasteiger partial charge in [0.15, 0.2) is 0 Å². The molecule has 0 aromatic carbocycles. The van der Waals surface area contributed by atoms with Crippen LogP contribution in [0.3, 0.4) is 0 Å². The van der Waals surface area contributed by atoms with Crippen molar-refractivity contribution in [3.05, 3.63) is 11.4 Å². The molecule has 0 radical (unpaired) electrons. The minimum absolute atomic E-state index is 0.0811. The van der Waals surface area contributed by atoms with Gasteiger partial charge in [0.1, 0.15) is 10.6 Å². The van der Waals surface area contributed by atoms with Gasteiger partial charge in [0.2, 0.25) is 17.8 Å². The van der Waals surface area contributed by atoms with Crippen LogP contribution in [-0.4, -0.2) is 34.9 Å². The number of thiophene rings is 1. The van der Waals surface area contributed by atoms with Crippen LogP contribution in [0, 0.1) is 0 Å². The van der Waals surface area contributed by atoms with Crippen LogP contribution in [-0.2, 0) is 9.59 Å². The molecule has 1 fully saturated rings. The summed E-state index contributed by atoms with van der Waals surface area (Å²) < 4.78 is 0. The van der Waals surface area contributed by atoms with Crippen LogP contribution in [0.2, 0.25) is 0 Å². The number of carbonyl (C=O) groups excluding carboxylic acids is 2. The Balaban J connectivity index is 2.10. The molecule has 0 bridgehead atoms. The zero-order valence-corrected chi connectivity index (χ0v) is 10.5. The first-order valence-electron chi connectivity index (χ1n) is 5.47. The van der Waals surface area contributed by atoms with E-state index in [2.05, 4.69) is 20.7 Å².